The zero-order chi connectivity index (χ0) is 11.1. The van der Waals surface area contributed by atoms with E-state index >= 15 is 0 Å². The molecule has 0 saturated carbocycles. The van der Waals surface area contributed by atoms with E-state index in [1.165, 1.54) is 0 Å². The first-order valence-electron chi connectivity index (χ1n) is 5.42. The smallest absolute Gasteiger partial charge is 0.210 e. The Bertz CT molecular complexity index is 330. The third kappa shape index (κ3) is 2.50. The lowest BCUT2D eigenvalue weighted by molar-refractivity contribution is 0.253. The summed E-state index contributed by atoms with van der Waals surface area (Å²) in [6.07, 6.45) is 0. The lowest BCUT2D eigenvalue weighted by atomic mass is 9.95. The number of rotatable bonds is 3. The first kappa shape index (κ1) is 11.3. The first-order chi connectivity index (χ1) is 6.97. The summed E-state index contributed by atoms with van der Waals surface area (Å²) in [5.41, 5.74) is 0. The third-order valence-electron chi connectivity index (χ3n) is 3.72. The second-order valence-corrected chi connectivity index (χ2v) is 6.42. The van der Waals surface area contributed by atoms with Crippen molar-refractivity contribution < 1.29 is 8.42 Å². The van der Waals surface area contributed by atoms with Gasteiger partial charge in [0.2, 0.25) is 10.0 Å². The lowest BCUT2D eigenvalue weighted by Gasteiger charge is -2.23. The largest absolute Gasteiger partial charge is 0.316 e. The van der Waals surface area contributed by atoms with E-state index in [-0.39, 0.29) is 5.75 Å². The highest BCUT2D eigenvalue weighted by Crippen LogP contribution is 2.31. The van der Waals surface area contributed by atoms with Crippen LogP contribution >= 0.6 is 0 Å². The molecule has 0 spiro atoms. The fraction of sp³-hybridized carbons (Fsp3) is 1.00. The van der Waals surface area contributed by atoms with E-state index in [2.05, 4.69) is 17.1 Å². The van der Waals surface area contributed by atoms with Crippen molar-refractivity contribution in [3.05, 3.63) is 0 Å². The second kappa shape index (κ2) is 4.01. The first-order valence-corrected chi connectivity index (χ1v) is 7.14. The van der Waals surface area contributed by atoms with Crippen molar-refractivity contribution >= 4 is 10.0 Å². The van der Waals surface area contributed by atoms with Gasteiger partial charge in [-0.2, -0.15) is 0 Å². The molecule has 2 fully saturated rings. The summed E-state index contributed by atoms with van der Waals surface area (Å²) in [5.74, 6) is 1.45. The summed E-state index contributed by atoms with van der Waals surface area (Å²) in [6, 6.07) is 0.478. The Labute approximate surface area is 91.1 Å². The highest BCUT2D eigenvalue weighted by atomic mass is 32.2. The molecule has 5 nitrogen and oxygen atoms in total. The number of nitrogens with two attached hydrogens (primary N) is 1. The summed E-state index contributed by atoms with van der Waals surface area (Å²) in [6.45, 7) is 5.90. The monoisotopic (exact) mass is 233 g/mol. The number of hydrogen-bond donors (Lipinski definition) is 2. The van der Waals surface area contributed by atoms with Crippen molar-refractivity contribution in [3.8, 4) is 0 Å². The Morgan fingerprint density at radius 2 is 2.20 bits per heavy atom. The molecule has 2 rings (SSSR count). The third-order valence-corrected chi connectivity index (χ3v) is 4.47. The normalized spacial score (nSPS) is 37.1. The Morgan fingerprint density at radius 3 is 2.80 bits per heavy atom. The number of likely N-dealkylation sites (tertiary alicyclic amines) is 1. The molecule has 3 N–H and O–H groups in total. The van der Waals surface area contributed by atoms with E-state index in [0.29, 0.717) is 24.4 Å². The van der Waals surface area contributed by atoms with E-state index in [1.54, 1.807) is 0 Å². The summed E-state index contributed by atoms with van der Waals surface area (Å²) in [4.78, 5) is 2.25. The maximum atomic E-state index is 10.9. The van der Waals surface area contributed by atoms with Crippen LogP contribution in [-0.4, -0.2) is 51.3 Å². The Hall–Kier alpha value is -0.170. The average Bonchev–Trinajstić information content (AvgIpc) is 2.65. The molecule has 0 bridgehead atoms. The van der Waals surface area contributed by atoms with Crippen molar-refractivity contribution in [2.24, 2.45) is 17.0 Å². The van der Waals surface area contributed by atoms with Crippen molar-refractivity contribution in [2.45, 2.75) is 13.0 Å². The average molecular weight is 233 g/mol. The molecule has 0 amide bonds. The molecule has 0 aromatic rings. The molecule has 2 saturated heterocycles. The molecule has 3 unspecified atom stereocenters. The van der Waals surface area contributed by atoms with Gasteiger partial charge in [-0.25, -0.2) is 13.6 Å². The van der Waals surface area contributed by atoms with Crippen molar-refractivity contribution in [1.82, 2.24) is 10.2 Å². The SMILES string of the molecule is CC1C2CNCC2CN1CCS(N)(=O)=O. The second-order valence-electron chi connectivity index (χ2n) is 4.68. The van der Waals surface area contributed by atoms with Crippen molar-refractivity contribution in [3.63, 3.8) is 0 Å². The molecular weight excluding hydrogens is 214 g/mol. The number of primary sulfonamides is 1. The van der Waals surface area contributed by atoms with Crippen LogP contribution < -0.4 is 10.5 Å². The van der Waals surface area contributed by atoms with Gasteiger partial charge in [0.25, 0.3) is 0 Å². The standard InChI is InChI=1S/C9H19N3O2S/c1-7-9-5-11-4-8(9)6-12(7)2-3-15(10,13)14/h7-9,11H,2-6H2,1H3,(H2,10,13,14). The summed E-state index contributed by atoms with van der Waals surface area (Å²) >= 11 is 0. The summed E-state index contributed by atoms with van der Waals surface area (Å²) in [7, 11) is -3.32. The molecule has 3 atom stereocenters. The molecule has 15 heavy (non-hydrogen) atoms. The van der Waals surface area contributed by atoms with E-state index in [1.807, 2.05) is 0 Å². The van der Waals surface area contributed by atoms with Crippen LogP contribution in [0.5, 0.6) is 0 Å². The maximum absolute atomic E-state index is 10.9. The minimum absolute atomic E-state index is 0.0736. The molecule has 88 valence electrons. The van der Waals surface area contributed by atoms with E-state index in [9.17, 15) is 8.42 Å². The highest BCUT2D eigenvalue weighted by Gasteiger charge is 2.41. The van der Waals surface area contributed by atoms with E-state index in [0.717, 1.165) is 19.6 Å². The van der Waals surface area contributed by atoms with Gasteiger partial charge in [-0.15, -0.1) is 0 Å². The molecule has 2 aliphatic rings. The van der Waals surface area contributed by atoms with Crippen LogP contribution in [0.3, 0.4) is 0 Å². The molecule has 0 aromatic heterocycles. The predicted octanol–water partition coefficient (Wildman–Crippen LogP) is -1.19. The number of nitrogens with zero attached hydrogens (tertiary/aromatic N) is 1. The van der Waals surface area contributed by atoms with Crippen LogP contribution in [0, 0.1) is 11.8 Å². The van der Waals surface area contributed by atoms with Gasteiger partial charge >= 0.3 is 0 Å². The fourth-order valence-corrected chi connectivity index (χ4v) is 3.28. The van der Waals surface area contributed by atoms with Crippen LogP contribution in [-0.2, 0) is 10.0 Å². The highest BCUT2D eigenvalue weighted by molar-refractivity contribution is 7.89. The maximum Gasteiger partial charge on any atom is 0.210 e. The fourth-order valence-electron chi connectivity index (χ4n) is 2.80. The number of fused-ring (bicyclic) bond motifs is 1. The minimum atomic E-state index is -3.32. The van der Waals surface area contributed by atoms with Gasteiger partial charge in [0, 0.05) is 19.1 Å². The Morgan fingerprint density at radius 1 is 1.47 bits per heavy atom. The van der Waals surface area contributed by atoms with Crippen molar-refractivity contribution in [1.29, 1.82) is 0 Å². The minimum Gasteiger partial charge on any atom is -0.316 e. The molecular formula is C9H19N3O2S. The molecule has 2 heterocycles. The molecule has 0 radical (unpaired) electrons. The van der Waals surface area contributed by atoms with E-state index < -0.39 is 10.0 Å². The van der Waals surface area contributed by atoms with Gasteiger partial charge < -0.3 is 5.32 Å². The van der Waals surface area contributed by atoms with Crippen LogP contribution in [0.1, 0.15) is 6.92 Å². The molecule has 0 aliphatic carbocycles. The summed E-state index contributed by atoms with van der Waals surface area (Å²) in [5, 5.41) is 8.39. The van der Waals surface area contributed by atoms with Crippen LogP contribution in [0.15, 0.2) is 0 Å². The predicted molar refractivity (Wildman–Crippen MR) is 58.9 cm³/mol. The molecule has 2 aliphatic heterocycles. The number of hydrogen-bond acceptors (Lipinski definition) is 4. The van der Waals surface area contributed by atoms with Gasteiger partial charge in [0.05, 0.1) is 5.75 Å². The Kier molecular flexibility index (Phi) is 3.03. The zero-order valence-corrected chi connectivity index (χ0v) is 9.83. The number of sulfonamides is 1. The van der Waals surface area contributed by atoms with Gasteiger partial charge in [0.15, 0.2) is 0 Å². The van der Waals surface area contributed by atoms with Crippen molar-refractivity contribution in [2.75, 3.05) is 31.9 Å². The quantitative estimate of drug-likeness (QED) is 0.643. The molecule has 0 aromatic carbocycles. The Balaban J connectivity index is 1.90. The van der Waals surface area contributed by atoms with Gasteiger partial charge in [-0.1, -0.05) is 0 Å². The van der Waals surface area contributed by atoms with Crippen LogP contribution in [0.2, 0.25) is 0 Å². The lowest BCUT2D eigenvalue weighted by Crippen LogP contribution is -2.37. The zero-order valence-electron chi connectivity index (χ0n) is 9.02. The number of nitrogens with one attached hydrogen (secondary N) is 1. The van der Waals surface area contributed by atoms with Crippen LogP contribution in [0.25, 0.3) is 0 Å². The molecule has 6 heteroatoms. The van der Waals surface area contributed by atoms with E-state index in [4.69, 9.17) is 5.14 Å². The topological polar surface area (TPSA) is 75.4 Å². The van der Waals surface area contributed by atoms with Crippen LogP contribution in [0.4, 0.5) is 0 Å². The van der Waals surface area contributed by atoms with Gasteiger partial charge in [0.1, 0.15) is 0 Å². The van der Waals surface area contributed by atoms with Gasteiger partial charge in [-0.3, -0.25) is 4.90 Å². The summed E-state index contributed by atoms with van der Waals surface area (Å²) < 4.78 is 21.8. The van der Waals surface area contributed by atoms with Gasteiger partial charge in [-0.05, 0) is 31.8 Å².